The molecule has 0 amide bonds. The number of aliphatic carboxylic acids is 1. The Labute approximate surface area is 204 Å². The Hall–Kier alpha value is -1.17. The fraction of sp³-hybridized carbons (Fsp3) is 0.828. The standard InChI is InChI=1S/C29H44O5/c1-17-8-11-29(24(33)34)13-12-27(4)18(19(29)14-17)6-7-22-25(2)15-20(31)23(32)26(3,16-30)21(25)9-10-28(22,27)5/h6,8,19-23,30-32H,7,9-16H2,1-5H3,(H,33,34). The molecule has 4 N–H and O–H groups in total. The van der Waals surface area contributed by atoms with E-state index in [1.54, 1.807) is 0 Å². The highest BCUT2D eigenvalue weighted by Crippen LogP contribution is 2.75. The highest BCUT2D eigenvalue weighted by molar-refractivity contribution is 5.77. The number of carboxylic acids is 1. The molecule has 3 saturated carbocycles. The van der Waals surface area contributed by atoms with E-state index in [-0.39, 0.29) is 34.7 Å². The number of aliphatic hydroxyl groups excluding tert-OH is 3. The fourth-order valence-electron chi connectivity index (χ4n) is 10.2. The first-order valence-electron chi connectivity index (χ1n) is 13.4. The van der Waals surface area contributed by atoms with Crippen molar-refractivity contribution in [3.05, 3.63) is 23.3 Å². The smallest absolute Gasteiger partial charge is 0.310 e. The molecule has 0 aliphatic heterocycles. The van der Waals surface area contributed by atoms with Crippen LogP contribution >= 0.6 is 0 Å². The molecule has 10 unspecified atom stereocenters. The van der Waals surface area contributed by atoms with E-state index in [0.717, 1.165) is 32.1 Å². The molecule has 5 heteroatoms. The van der Waals surface area contributed by atoms with Crippen molar-refractivity contribution < 1.29 is 25.2 Å². The zero-order valence-electron chi connectivity index (χ0n) is 21.6. The highest BCUT2D eigenvalue weighted by Gasteiger charge is 2.70. The maximum atomic E-state index is 12.6. The van der Waals surface area contributed by atoms with E-state index in [9.17, 15) is 25.2 Å². The third kappa shape index (κ3) is 2.75. The maximum Gasteiger partial charge on any atom is 0.310 e. The molecular weight excluding hydrogens is 428 g/mol. The zero-order chi connectivity index (χ0) is 24.9. The lowest BCUT2D eigenvalue weighted by molar-refractivity contribution is -0.242. The van der Waals surface area contributed by atoms with Crippen LogP contribution in [0.4, 0.5) is 0 Å². The van der Waals surface area contributed by atoms with Gasteiger partial charge in [0, 0.05) is 11.3 Å². The molecule has 0 bridgehead atoms. The van der Waals surface area contributed by atoms with Crippen molar-refractivity contribution in [1.29, 1.82) is 0 Å². The minimum Gasteiger partial charge on any atom is -0.481 e. The summed E-state index contributed by atoms with van der Waals surface area (Å²) < 4.78 is 0. The van der Waals surface area contributed by atoms with Crippen molar-refractivity contribution in [2.75, 3.05) is 6.61 Å². The third-order valence-electron chi connectivity index (χ3n) is 12.5. The SMILES string of the molecule is CC1=CCC2(C(=O)O)CCC3(C)C(=CCC4C5(C)CC(O)C(O)C(C)(CO)C5CCC43C)C2C1. The molecule has 190 valence electrons. The highest BCUT2D eigenvalue weighted by atomic mass is 16.4. The average Bonchev–Trinajstić information content (AvgIpc) is 2.77. The molecule has 0 saturated heterocycles. The van der Waals surface area contributed by atoms with Crippen LogP contribution in [0.1, 0.15) is 86.0 Å². The van der Waals surface area contributed by atoms with Gasteiger partial charge in [-0.25, -0.2) is 0 Å². The number of fused-ring (bicyclic) bond motifs is 7. The Morgan fingerprint density at radius 3 is 2.41 bits per heavy atom. The summed E-state index contributed by atoms with van der Waals surface area (Å²) in [6.07, 6.45) is 9.22. The molecule has 0 aromatic heterocycles. The summed E-state index contributed by atoms with van der Waals surface area (Å²) in [5, 5.41) is 42.6. The number of aliphatic hydroxyl groups is 3. The van der Waals surface area contributed by atoms with Gasteiger partial charge < -0.3 is 20.4 Å². The van der Waals surface area contributed by atoms with Gasteiger partial charge in [-0.1, -0.05) is 51.0 Å². The summed E-state index contributed by atoms with van der Waals surface area (Å²) in [7, 11) is 0. The summed E-state index contributed by atoms with van der Waals surface area (Å²) in [6, 6.07) is 0. The van der Waals surface area contributed by atoms with Crippen LogP contribution in [0, 0.1) is 44.8 Å². The van der Waals surface area contributed by atoms with E-state index < -0.39 is 29.0 Å². The van der Waals surface area contributed by atoms with Gasteiger partial charge in [-0.15, -0.1) is 0 Å². The Kier molecular flexibility index (Phi) is 5.36. The van der Waals surface area contributed by atoms with Gasteiger partial charge in [0.05, 0.1) is 24.2 Å². The number of rotatable bonds is 2. The van der Waals surface area contributed by atoms with Crippen molar-refractivity contribution in [3.8, 4) is 0 Å². The lowest BCUT2D eigenvalue weighted by atomic mass is 9.33. The van der Waals surface area contributed by atoms with Gasteiger partial charge in [-0.2, -0.15) is 0 Å². The quantitative estimate of drug-likeness (QED) is 0.437. The minimum absolute atomic E-state index is 0.0135. The number of allylic oxidation sites excluding steroid dienone is 4. The molecule has 5 aliphatic carbocycles. The fourth-order valence-corrected chi connectivity index (χ4v) is 10.2. The molecular formula is C29H44O5. The summed E-state index contributed by atoms with van der Waals surface area (Å²) >= 11 is 0. The second-order valence-corrected chi connectivity index (χ2v) is 13.6. The molecule has 5 nitrogen and oxygen atoms in total. The van der Waals surface area contributed by atoms with E-state index in [1.165, 1.54) is 11.1 Å². The molecule has 0 heterocycles. The second-order valence-electron chi connectivity index (χ2n) is 13.6. The maximum absolute atomic E-state index is 12.6. The molecule has 34 heavy (non-hydrogen) atoms. The van der Waals surface area contributed by atoms with Gasteiger partial charge in [0.2, 0.25) is 0 Å². The van der Waals surface area contributed by atoms with Crippen LogP contribution in [-0.2, 0) is 4.79 Å². The Balaban J connectivity index is 1.61. The van der Waals surface area contributed by atoms with Crippen LogP contribution in [0.3, 0.4) is 0 Å². The first kappa shape index (κ1) is 24.5. The summed E-state index contributed by atoms with van der Waals surface area (Å²) in [4.78, 5) is 12.6. The molecule has 0 aromatic carbocycles. The van der Waals surface area contributed by atoms with Crippen molar-refractivity contribution in [1.82, 2.24) is 0 Å². The van der Waals surface area contributed by atoms with Gasteiger partial charge in [0.1, 0.15) is 0 Å². The van der Waals surface area contributed by atoms with Gasteiger partial charge in [-0.3, -0.25) is 4.79 Å². The third-order valence-corrected chi connectivity index (χ3v) is 12.5. The van der Waals surface area contributed by atoms with Crippen LogP contribution in [-0.4, -0.2) is 45.2 Å². The summed E-state index contributed by atoms with van der Waals surface area (Å²) in [5.41, 5.74) is 0.985. The Morgan fingerprint density at radius 2 is 1.76 bits per heavy atom. The summed E-state index contributed by atoms with van der Waals surface area (Å²) in [5.74, 6) is -0.131. The number of hydrogen-bond donors (Lipinski definition) is 4. The van der Waals surface area contributed by atoms with Crippen molar-refractivity contribution in [2.45, 2.75) is 98.2 Å². The first-order chi connectivity index (χ1) is 15.8. The van der Waals surface area contributed by atoms with Crippen LogP contribution in [0.5, 0.6) is 0 Å². The van der Waals surface area contributed by atoms with Gasteiger partial charge in [0.25, 0.3) is 0 Å². The van der Waals surface area contributed by atoms with Gasteiger partial charge in [-0.05, 0) is 86.4 Å². The van der Waals surface area contributed by atoms with E-state index in [1.807, 2.05) is 6.92 Å². The predicted molar refractivity (Wildman–Crippen MR) is 131 cm³/mol. The molecule has 3 fully saturated rings. The van der Waals surface area contributed by atoms with Crippen molar-refractivity contribution >= 4 is 5.97 Å². The van der Waals surface area contributed by atoms with Crippen molar-refractivity contribution in [3.63, 3.8) is 0 Å². The average molecular weight is 473 g/mol. The van der Waals surface area contributed by atoms with Crippen molar-refractivity contribution in [2.24, 2.45) is 44.8 Å². The predicted octanol–water partition coefficient (Wildman–Crippen LogP) is 4.71. The molecule has 0 aromatic rings. The van der Waals surface area contributed by atoms with E-state index in [2.05, 4.69) is 39.8 Å². The van der Waals surface area contributed by atoms with Gasteiger partial charge >= 0.3 is 5.97 Å². The molecule has 5 aliphatic rings. The van der Waals surface area contributed by atoms with E-state index in [0.29, 0.717) is 25.2 Å². The first-order valence-corrected chi connectivity index (χ1v) is 13.4. The van der Waals surface area contributed by atoms with Crippen LogP contribution in [0.25, 0.3) is 0 Å². The normalized spacial score (nSPS) is 54.5. The minimum atomic E-state index is -0.909. The van der Waals surface area contributed by atoms with E-state index >= 15 is 0 Å². The molecule has 0 radical (unpaired) electrons. The largest absolute Gasteiger partial charge is 0.481 e. The topological polar surface area (TPSA) is 98.0 Å². The molecule has 5 rings (SSSR count). The molecule has 10 atom stereocenters. The Bertz CT molecular complexity index is 954. The summed E-state index contributed by atoms with van der Waals surface area (Å²) in [6.45, 7) is 11.1. The van der Waals surface area contributed by atoms with Crippen LogP contribution in [0.15, 0.2) is 23.3 Å². The van der Waals surface area contributed by atoms with Gasteiger partial charge in [0.15, 0.2) is 0 Å². The Morgan fingerprint density at radius 1 is 1.06 bits per heavy atom. The second kappa shape index (κ2) is 7.43. The molecule has 0 spiro atoms. The zero-order valence-corrected chi connectivity index (χ0v) is 21.6. The lowest BCUT2D eigenvalue weighted by Gasteiger charge is -2.71. The van der Waals surface area contributed by atoms with E-state index in [4.69, 9.17) is 0 Å². The lowest BCUT2D eigenvalue weighted by Crippen LogP contribution is -2.68. The number of carbonyl (C=O) groups is 1. The van der Waals surface area contributed by atoms with Crippen LogP contribution < -0.4 is 0 Å². The van der Waals surface area contributed by atoms with Crippen LogP contribution in [0.2, 0.25) is 0 Å². The number of carboxylic acid groups (broad SMARTS) is 1. The monoisotopic (exact) mass is 472 g/mol. The number of hydrogen-bond acceptors (Lipinski definition) is 4.